The van der Waals surface area contributed by atoms with E-state index in [0.29, 0.717) is 36.9 Å². The van der Waals surface area contributed by atoms with Gasteiger partial charge in [-0.1, -0.05) is 46.5 Å². The van der Waals surface area contributed by atoms with E-state index < -0.39 is 0 Å². The second-order valence-corrected chi connectivity index (χ2v) is 9.77. The van der Waals surface area contributed by atoms with E-state index in [1.807, 2.05) is 12.1 Å². The van der Waals surface area contributed by atoms with Gasteiger partial charge in [-0.2, -0.15) is 0 Å². The van der Waals surface area contributed by atoms with Crippen LogP contribution in [-0.4, -0.2) is 44.0 Å². The van der Waals surface area contributed by atoms with Crippen molar-refractivity contribution in [2.75, 3.05) is 37.0 Å². The number of esters is 2. The molecule has 6 heteroatoms. The smallest absolute Gasteiger partial charge is 0.338 e. The molecule has 2 rings (SSSR count). The van der Waals surface area contributed by atoms with E-state index in [-0.39, 0.29) is 11.9 Å². The van der Waals surface area contributed by atoms with Gasteiger partial charge in [-0.3, -0.25) is 4.79 Å². The molecule has 1 aromatic carbocycles. The average Bonchev–Trinajstić information content (AvgIpc) is 3.34. The van der Waals surface area contributed by atoms with Gasteiger partial charge in [0.2, 0.25) is 0 Å². The number of carbonyl (C=O) groups excluding carboxylic acids is 2. The van der Waals surface area contributed by atoms with Gasteiger partial charge in [-0.15, -0.1) is 11.8 Å². The first-order valence-corrected chi connectivity index (χ1v) is 13.4. The summed E-state index contributed by atoms with van der Waals surface area (Å²) in [6.45, 7) is 9.43. The zero-order valence-corrected chi connectivity index (χ0v) is 21.0. The van der Waals surface area contributed by atoms with Crippen molar-refractivity contribution in [3.05, 3.63) is 23.8 Å². The highest BCUT2D eigenvalue weighted by Gasteiger charge is 2.17. The molecule has 5 nitrogen and oxygen atoms in total. The maximum atomic E-state index is 12.5. The predicted octanol–water partition coefficient (Wildman–Crippen LogP) is 6.49. The van der Waals surface area contributed by atoms with Crippen LogP contribution >= 0.6 is 11.8 Å². The molecule has 0 radical (unpaired) electrons. The largest absolute Gasteiger partial charge is 0.465 e. The Morgan fingerprint density at radius 3 is 2.47 bits per heavy atom. The number of rotatable bonds is 15. The van der Waals surface area contributed by atoms with Gasteiger partial charge >= 0.3 is 11.9 Å². The Balaban J connectivity index is 1.91. The third-order valence-electron chi connectivity index (χ3n) is 5.93. The molecule has 1 fully saturated rings. The van der Waals surface area contributed by atoms with Gasteiger partial charge in [-0.25, -0.2) is 4.79 Å². The first kappa shape index (κ1) is 26.6. The molecule has 1 aromatic rings. The van der Waals surface area contributed by atoms with Gasteiger partial charge in [-0.05, 0) is 49.8 Å². The van der Waals surface area contributed by atoms with Gasteiger partial charge in [0, 0.05) is 29.4 Å². The van der Waals surface area contributed by atoms with Crippen molar-refractivity contribution in [3.8, 4) is 0 Å². The van der Waals surface area contributed by atoms with Crippen molar-refractivity contribution in [1.82, 2.24) is 0 Å². The molecule has 1 aliphatic heterocycles. The molecule has 0 amide bonds. The van der Waals surface area contributed by atoms with Crippen LogP contribution in [0, 0.1) is 5.92 Å². The summed E-state index contributed by atoms with van der Waals surface area (Å²) < 4.78 is 11.0. The van der Waals surface area contributed by atoms with E-state index in [2.05, 4.69) is 31.7 Å². The van der Waals surface area contributed by atoms with Crippen LogP contribution in [0.15, 0.2) is 23.1 Å². The lowest BCUT2D eigenvalue weighted by Crippen LogP contribution is -2.18. The fraction of sp³-hybridized carbons (Fsp3) is 0.692. The summed E-state index contributed by atoms with van der Waals surface area (Å²) in [6, 6.07) is 5.96. The van der Waals surface area contributed by atoms with Crippen molar-refractivity contribution in [1.29, 1.82) is 0 Å². The predicted molar refractivity (Wildman–Crippen MR) is 133 cm³/mol. The van der Waals surface area contributed by atoms with E-state index >= 15 is 0 Å². The fourth-order valence-corrected chi connectivity index (χ4v) is 4.69. The van der Waals surface area contributed by atoms with Crippen LogP contribution in [0.25, 0.3) is 0 Å². The van der Waals surface area contributed by atoms with Gasteiger partial charge in [0.15, 0.2) is 0 Å². The van der Waals surface area contributed by atoms with Crippen molar-refractivity contribution < 1.29 is 19.1 Å². The van der Waals surface area contributed by atoms with Crippen LogP contribution in [0.2, 0.25) is 0 Å². The average molecular weight is 464 g/mol. The molecule has 180 valence electrons. The topological polar surface area (TPSA) is 55.8 Å². The maximum absolute atomic E-state index is 12.5. The lowest BCUT2D eigenvalue weighted by atomic mass is 10.0. The second-order valence-electron chi connectivity index (χ2n) is 8.60. The summed E-state index contributed by atoms with van der Waals surface area (Å²) in [7, 11) is 0. The van der Waals surface area contributed by atoms with Crippen molar-refractivity contribution in [2.45, 2.75) is 83.5 Å². The molecule has 32 heavy (non-hydrogen) atoms. The third kappa shape index (κ3) is 9.43. The summed E-state index contributed by atoms with van der Waals surface area (Å²) in [6.07, 6.45) is 9.12. The number of benzene rings is 1. The monoisotopic (exact) mass is 463 g/mol. The summed E-state index contributed by atoms with van der Waals surface area (Å²) in [5.41, 5.74) is 1.66. The van der Waals surface area contributed by atoms with Crippen LogP contribution in [-0.2, 0) is 14.3 Å². The molecule has 1 heterocycles. The van der Waals surface area contributed by atoms with E-state index in [4.69, 9.17) is 9.47 Å². The standard InChI is InChI=1S/C26H41NO4S/c1-4-7-11-21(6-3)20-31-25(28)12-16-32-24-18-22(26(29)30-15-8-5-2)17-23(19-24)27-13-9-10-14-27/h17-19,21H,4-16,20H2,1-3H3. The van der Waals surface area contributed by atoms with Crippen molar-refractivity contribution in [2.24, 2.45) is 5.92 Å². The molecular formula is C26H41NO4S. The van der Waals surface area contributed by atoms with Gasteiger partial charge in [0.1, 0.15) is 0 Å². The third-order valence-corrected chi connectivity index (χ3v) is 6.90. The van der Waals surface area contributed by atoms with Crippen LogP contribution in [0.4, 0.5) is 5.69 Å². The molecule has 1 atom stereocenters. The summed E-state index contributed by atoms with van der Waals surface area (Å²) in [5.74, 6) is 0.698. The van der Waals surface area contributed by atoms with E-state index in [0.717, 1.165) is 49.4 Å². The number of unbranched alkanes of at least 4 members (excludes halogenated alkanes) is 2. The van der Waals surface area contributed by atoms with E-state index in [9.17, 15) is 9.59 Å². The molecule has 1 saturated heterocycles. The maximum Gasteiger partial charge on any atom is 0.338 e. The summed E-state index contributed by atoms with van der Waals surface area (Å²) in [4.78, 5) is 28.1. The highest BCUT2D eigenvalue weighted by molar-refractivity contribution is 7.99. The quantitative estimate of drug-likeness (QED) is 0.168. The molecule has 1 aliphatic rings. The van der Waals surface area contributed by atoms with E-state index in [1.165, 1.54) is 25.7 Å². The summed E-state index contributed by atoms with van der Waals surface area (Å²) in [5, 5.41) is 0. The molecule has 0 N–H and O–H groups in total. The Kier molecular flexibility index (Phi) is 12.6. The minimum atomic E-state index is -0.265. The molecule has 0 aromatic heterocycles. The molecule has 1 unspecified atom stereocenters. The van der Waals surface area contributed by atoms with Gasteiger partial charge < -0.3 is 14.4 Å². The minimum absolute atomic E-state index is 0.137. The molecule has 0 spiro atoms. The number of anilines is 1. The second kappa shape index (κ2) is 15.2. The molecule has 0 aliphatic carbocycles. The lowest BCUT2D eigenvalue weighted by Gasteiger charge is -2.19. The highest BCUT2D eigenvalue weighted by atomic mass is 32.2. The Morgan fingerprint density at radius 2 is 1.78 bits per heavy atom. The zero-order chi connectivity index (χ0) is 23.2. The Labute approximate surface area is 198 Å². The number of nitrogens with zero attached hydrogens (tertiary/aromatic N) is 1. The van der Waals surface area contributed by atoms with Gasteiger partial charge in [0.25, 0.3) is 0 Å². The van der Waals surface area contributed by atoms with Crippen LogP contribution < -0.4 is 4.90 Å². The number of thioether (sulfide) groups is 1. The minimum Gasteiger partial charge on any atom is -0.465 e. The van der Waals surface area contributed by atoms with Crippen molar-refractivity contribution >= 4 is 29.4 Å². The molecular weight excluding hydrogens is 422 g/mol. The molecule has 0 saturated carbocycles. The van der Waals surface area contributed by atoms with Gasteiger partial charge in [0.05, 0.1) is 25.2 Å². The lowest BCUT2D eigenvalue weighted by molar-refractivity contribution is -0.144. The van der Waals surface area contributed by atoms with Crippen LogP contribution in [0.3, 0.4) is 0 Å². The number of ether oxygens (including phenoxy) is 2. The van der Waals surface area contributed by atoms with E-state index in [1.54, 1.807) is 11.8 Å². The SMILES string of the molecule is CCCCOC(=O)c1cc(SCCC(=O)OCC(CC)CCCC)cc(N2CCCC2)c1. The van der Waals surface area contributed by atoms with Crippen molar-refractivity contribution in [3.63, 3.8) is 0 Å². The Morgan fingerprint density at radius 1 is 1.03 bits per heavy atom. The number of hydrogen-bond acceptors (Lipinski definition) is 6. The zero-order valence-electron chi connectivity index (χ0n) is 20.2. The fourth-order valence-electron chi connectivity index (χ4n) is 3.77. The Bertz CT molecular complexity index is 703. The first-order valence-electron chi connectivity index (χ1n) is 12.4. The first-order chi connectivity index (χ1) is 15.6. The normalized spacial score (nSPS) is 14.4. The summed E-state index contributed by atoms with van der Waals surface area (Å²) >= 11 is 1.60. The number of hydrogen-bond donors (Lipinski definition) is 0. The highest BCUT2D eigenvalue weighted by Crippen LogP contribution is 2.29. The Hall–Kier alpha value is -1.69. The molecule has 0 bridgehead atoms. The van der Waals surface area contributed by atoms with Crippen LogP contribution in [0.5, 0.6) is 0 Å². The van der Waals surface area contributed by atoms with Crippen LogP contribution in [0.1, 0.15) is 88.9 Å². The number of carbonyl (C=O) groups is 2.